The van der Waals surface area contributed by atoms with Gasteiger partial charge in [0.2, 0.25) is 0 Å². The lowest BCUT2D eigenvalue weighted by atomic mass is 9.75. The van der Waals surface area contributed by atoms with Crippen molar-refractivity contribution in [2.24, 2.45) is 17.8 Å². The zero-order valence-corrected chi connectivity index (χ0v) is 11.9. The van der Waals surface area contributed by atoms with Gasteiger partial charge in [0.15, 0.2) is 6.79 Å². The van der Waals surface area contributed by atoms with E-state index in [2.05, 4.69) is 6.58 Å². The van der Waals surface area contributed by atoms with E-state index in [9.17, 15) is 14.4 Å². The number of ether oxygens (including phenoxy) is 2. The highest BCUT2D eigenvalue weighted by Crippen LogP contribution is 2.34. The highest BCUT2D eigenvalue weighted by molar-refractivity contribution is 5.86. The number of hydrogen-bond acceptors (Lipinski definition) is 5. The van der Waals surface area contributed by atoms with Crippen molar-refractivity contribution in [1.29, 1.82) is 0 Å². The highest BCUT2D eigenvalue weighted by atomic mass is 16.7. The largest absolute Gasteiger partial charge is 0.481 e. The number of carbonyl (C=O) groups is 3. The lowest BCUT2D eigenvalue weighted by Crippen LogP contribution is -2.33. The Morgan fingerprint density at radius 3 is 2.05 bits per heavy atom. The van der Waals surface area contributed by atoms with Gasteiger partial charge in [0.05, 0.1) is 18.4 Å². The molecule has 0 spiro atoms. The van der Waals surface area contributed by atoms with Crippen molar-refractivity contribution in [3.05, 3.63) is 12.2 Å². The third-order valence-electron chi connectivity index (χ3n) is 3.48. The van der Waals surface area contributed by atoms with Crippen LogP contribution in [0.4, 0.5) is 0 Å². The maximum absolute atomic E-state index is 11.1. The molecular weight excluding hydrogens is 280 g/mol. The fourth-order valence-corrected chi connectivity index (χ4v) is 2.41. The van der Waals surface area contributed by atoms with E-state index in [1.807, 2.05) is 0 Å². The quantitative estimate of drug-likeness (QED) is 0.315. The highest BCUT2D eigenvalue weighted by Gasteiger charge is 2.36. The SMILES string of the molecule is C=C(C)C(=O)OCOCC1CC(C(=O)O)CC(C(=O)O)C1. The van der Waals surface area contributed by atoms with Crippen molar-refractivity contribution in [2.45, 2.75) is 26.2 Å². The molecule has 1 saturated carbocycles. The second-order valence-corrected chi connectivity index (χ2v) is 5.34. The van der Waals surface area contributed by atoms with Crippen LogP contribution < -0.4 is 0 Å². The minimum absolute atomic E-state index is 0.145. The fourth-order valence-electron chi connectivity index (χ4n) is 2.41. The standard InChI is InChI=1S/C14H20O7/c1-8(2)14(19)21-7-20-6-9-3-10(12(15)16)5-11(4-9)13(17)18/h9-11H,1,3-7H2,2H3,(H,15,16)(H,17,18). The van der Waals surface area contributed by atoms with E-state index in [4.69, 9.17) is 19.7 Å². The van der Waals surface area contributed by atoms with Crippen molar-refractivity contribution < 1.29 is 34.1 Å². The van der Waals surface area contributed by atoms with E-state index in [1.165, 1.54) is 6.92 Å². The summed E-state index contributed by atoms with van der Waals surface area (Å²) in [5, 5.41) is 18.1. The van der Waals surface area contributed by atoms with Gasteiger partial charge < -0.3 is 19.7 Å². The average molecular weight is 300 g/mol. The minimum Gasteiger partial charge on any atom is -0.481 e. The Kier molecular flexibility index (Phi) is 6.36. The number of aliphatic carboxylic acids is 2. The van der Waals surface area contributed by atoms with E-state index in [-0.39, 0.29) is 31.3 Å². The predicted octanol–water partition coefficient (Wildman–Crippen LogP) is 1.28. The number of carbonyl (C=O) groups excluding carboxylic acids is 1. The summed E-state index contributed by atoms with van der Waals surface area (Å²) in [6.45, 7) is 4.85. The number of esters is 1. The summed E-state index contributed by atoms with van der Waals surface area (Å²) >= 11 is 0. The first-order valence-electron chi connectivity index (χ1n) is 6.67. The lowest BCUT2D eigenvalue weighted by molar-refractivity contribution is -0.154. The first kappa shape index (κ1) is 17.2. The third kappa shape index (κ3) is 5.55. The van der Waals surface area contributed by atoms with E-state index in [0.717, 1.165) is 0 Å². The molecule has 0 aliphatic heterocycles. The van der Waals surface area contributed by atoms with Crippen LogP contribution in [0.2, 0.25) is 0 Å². The molecule has 2 atom stereocenters. The summed E-state index contributed by atoms with van der Waals surface area (Å²) in [5.74, 6) is -4.06. The van der Waals surface area contributed by atoms with Gasteiger partial charge in [0, 0.05) is 5.57 Å². The van der Waals surface area contributed by atoms with Gasteiger partial charge >= 0.3 is 17.9 Å². The smallest absolute Gasteiger partial charge is 0.335 e. The number of carboxylic acid groups (broad SMARTS) is 2. The summed E-state index contributed by atoms with van der Waals surface area (Å²) in [4.78, 5) is 33.2. The van der Waals surface area contributed by atoms with E-state index >= 15 is 0 Å². The van der Waals surface area contributed by atoms with Crippen LogP contribution in [0.3, 0.4) is 0 Å². The van der Waals surface area contributed by atoms with Crippen LogP contribution >= 0.6 is 0 Å². The second kappa shape index (κ2) is 7.78. The molecule has 1 aliphatic rings. The second-order valence-electron chi connectivity index (χ2n) is 5.34. The zero-order valence-electron chi connectivity index (χ0n) is 11.9. The monoisotopic (exact) mass is 300 g/mol. The normalized spacial score (nSPS) is 25.1. The van der Waals surface area contributed by atoms with Crippen molar-refractivity contribution in [1.82, 2.24) is 0 Å². The topological polar surface area (TPSA) is 110 Å². The molecule has 7 heteroatoms. The van der Waals surface area contributed by atoms with Crippen molar-refractivity contribution in [2.75, 3.05) is 13.4 Å². The van der Waals surface area contributed by atoms with Gasteiger partial charge in [-0.25, -0.2) is 4.79 Å². The Bertz CT molecular complexity index is 407. The molecule has 2 N–H and O–H groups in total. The van der Waals surface area contributed by atoms with Gasteiger partial charge in [-0.3, -0.25) is 9.59 Å². The Balaban J connectivity index is 2.42. The average Bonchev–Trinajstić information content (AvgIpc) is 2.42. The zero-order chi connectivity index (χ0) is 16.0. The Labute approximate surface area is 122 Å². The van der Waals surface area contributed by atoms with Gasteiger partial charge in [-0.15, -0.1) is 0 Å². The van der Waals surface area contributed by atoms with Crippen LogP contribution in [0.1, 0.15) is 26.2 Å². The fraction of sp³-hybridized carbons (Fsp3) is 0.643. The summed E-state index contributed by atoms with van der Waals surface area (Å²) < 4.78 is 9.93. The molecule has 0 aromatic heterocycles. The van der Waals surface area contributed by atoms with Crippen LogP contribution in [0.15, 0.2) is 12.2 Å². The van der Waals surface area contributed by atoms with Crippen LogP contribution in [-0.4, -0.2) is 41.5 Å². The van der Waals surface area contributed by atoms with Crippen LogP contribution in [0.25, 0.3) is 0 Å². The van der Waals surface area contributed by atoms with Crippen LogP contribution in [0.5, 0.6) is 0 Å². The Hall–Kier alpha value is -1.89. The van der Waals surface area contributed by atoms with Crippen LogP contribution in [0, 0.1) is 17.8 Å². The summed E-state index contributed by atoms with van der Waals surface area (Å²) in [6.07, 6.45) is 0.882. The Morgan fingerprint density at radius 2 is 1.62 bits per heavy atom. The van der Waals surface area contributed by atoms with Crippen molar-refractivity contribution in [3.8, 4) is 0 Å². The van der Waals surface area contributed by atoms with Crippen molar-refractivity contribution in [3.63, 3.8) is 0 Å². The molecule has 2 unspecified atom stereocenters. The minimum atomic E-state index is -0.986. The molecule has 21 heavy (non-hydrogen) atoms. The molecule has 0 amide bonds. The van der Waals surface area contributed by atoms with Gasteiger partial charge in [0.1, 0.15) is 0 Å². The number of hydrogen-bond donors (Lipinski definition) is 2. The predicted molar refractivity (Wildman–Crippen MR) is 71.3 cm³/mol. The molecule has 0 heterocycles. The first-order valence-corrected chi connectivity index (χ1v) is 6.67. The lowest BCUT2D eigenvalue weighted by Gasteiger charge is -2.30. The van der Waals surface area contributed by atoms with E-state index in [0.29, 0.717) is 12.8 Å². The molecule has 1 rings (SSSR count). The summed E-state index contributed by atoms with van der Waals surface area (Å²) in [5.41, 5.74) is 0.258. The van der Waals surface area contributed by atoms with Crippen molar-refractivity contribution >= 4 is 17.9 Å². The molecule has 0 radical (unpaired) electrons. The van der Waals surface area contributed by atoms with Gasteiger partial charge in [-0.05, 0) is 32.1 Å². The summed E-state index contributed by atoms with van der Waals surface area (Å²) in [7, 11) is 0. The van der Waals surface area contributed by atoms with Gasteiger partial charge in [0.25, 0.3) is 0 Å². The number of carboxylic acids is 2. The molecule has 1 aliphatic carbocycles. The van der Waals surface area contributed by atoms with E-state index < -0.39 is 29.7 Å². The molecular formula is C14H20O7. The Morgan fingerprint density at radius 1 is 1.10 bits per heavy atom. The first-order chi connectivity index (χ1) is 9.81. The maximum atomic E-state index is 11.1. The van der Waals surface area contributed by atoms with E-state index in [1.54, 1.807) is 0 Å². The van der Waals surface area contributed by atoms with Gasteiger partial charge in [-0.2, -0.15) is 0 Å². The summed E-state index contributed by atoms with van der Waals surface area (Å²) in [6, 6.07) is 0. The molecule has 0 aromatic rings. The van der Waals surface area contributed by atoms with Crippen LogP contribution in [-0.2, 0) is 23.9 Å². The number of rotatable bonds is 7. The molecule has 0 saturated heterocycles. The van der Waals surface area contributed by atoms with Gasteiger partial charge in [-0.1, -0.05) is 6.58 Å². The maximum Gasteiger partial charge on any atom is 0.335 e. The molecule has 0 bridgehead atoms. The molecule has 1 fully saturated rings. The third-order valence-corrected chi connectivity index (χ3v) is 3.48. The molecule has 118 valence electrons. The molecule has 0 aromatic carbocycles. The molecule has 7 nitrogen and oxygen atoms in total.